The Hall–Kier alpha value is -1.05. The molecule has 1 heterocycles. The number of hydrogen-bond acceptors (Lipinski definition) is 2. The topological polar surface area (TPSA) is 22.1 Å². The quantitative estimate of drug-likeness (QED) is 0.780. The first-order chi connectivity index (χ1) is 8.18. The van der Waals surface area contributed by atoms with E-state index in [1.165, 1.54) is 18.4 Å². The summed E-state index contributed by atoms with van der Waals surface area (Å²) in [7, 11) is 0. The lowest BCUT2D eigenvalue weighted by atomic mass is 9.85. The predicted molar refractivity (Wildman–Crippen MR) is 75.3 cm³/mol. The molecule has 0 aromatic carbocycles. The zero-order valence-corrected chi connectivity index (χ0v) is 12.5. The average molecular weight is 247 g/mol. The molecule has 0 saturated heterocycles. The van der Waals surface area contributed by atoms with Crippen molar-refractivity contribution in [2.45, 2.75) is 71.3 Å². The van der Waals surface area contributed by atoms with E-state index < -0.39 is 0 Å². The molecule has 18 heavy (non-hydrogen) atoms. The third-order valence-electron chi connectivity index (χ3n) is 3.25. The number of hydrogen-bond donors (Lipinski definition) is 0. The molecule has 1 saturated carbocycles. The smallest absolute Gasteiger partial charge is 0.142 e. The molecule has 1 aliphatic rings. The van der Waals surface area contributed by atoms with Gasteiger partial charge in [-0.25, -0.2) is 0 Å². The largest absolute Gasteiger partial charge is 0.488 e. The summed E-state index contributed by atoms with van der Waals surface area (Å²) in [6.45, 7) is 13.2. The van der Waals surface area contributed by atoms with Gasteiger partial charge in [-0.05, 0) is 29.9 Å². The molecular weight excluding hydrogens is 222 g/mol. The second-order valence-electron chi connectivity index (χ2n) is 7.39. The van der Waals surface area contributed by atoms with Crippen molar-refractivity contribution in [3.05, 3.63) is 23.5 Å². The maximum absolute atomic E-state index is 6.06. The Balaban J connectivity index is 2.41. The summed E-state index contributed by atoms with van der Waals surface area (Å²) in [4.78, 5) is 4.67. The van der Waals surface area contributed by atoms with Crippen molar-refractivity contribution in [1.29, 1.82) is 0 Å². The van der Waals surface area contributed by atoms with Crippen molar-refractivity contribution < 1.29 is 4.74 Å². The van der Waals surface area contributed by atoms with Gasteiger partial charge in [0.25, 0.3) is 0 Å². The van der Waals surface area contributed by atoms with Gasteiger partial charge in [0, 0.05) is 11.6 Å². The fourth-order valence-electron chi connectivity index (χ4n) is 1.87. The summed E-state index contributed by atoms with van der Waals surface area (Å²) in [5.74, 6) is 0.984. The van der Waals surface area contributed by atoms with Gasteiger partial charge in [-0.15, -0.1) is 0 Å². The van der Waals surface area contributed by atoms with Gasteiger partial charge >= 0.3 is 0 Å². The summed E-state index contributed by atoms with van der Waals surface area (Å²) in [5.41, 5.74) is 2.46. The maximum atomic E-state index is 6.06. The van der Waals surface area contributed by atoms with E-state index in [0.29, 0.717) is 6.10 Å². The molecule has 0 amide bonds. The van der Waals surface area contributed by atoms with Crippen molar-refractivity contribution in [2.24, 2.45) is 0 Å². The lowest BCUT2D eigenvalue weighted by Crippen LogP contribution is -2.19. The van der Waals surface area contributed by atoms with E-state index in [0.717, 1.165) is 11.4 Å². The molecule has 0 radical (unpaired) electrons. The van der Waals surface area contributed by atoms with E-state index in [-0.39, 0.29) is 10.8 Å². The van der Waals surface area contributed by atoms with Gasteiger partial charge in [-0.1, -0.05) is 41.5 Å². The summed E-state index contributed by atoms with van der Waals surface area (Å²) < 4.78 is 6.06. The molecule has 2 rings (SSSR count). The molecule has 2 nitrogen and oxygen atoms in total. The number of aromatic nitrogens is 1. The van der Waals surface area contributed by atoms with Gasteiger partial charge in [-0.2, -0.15) is 0 Å². The Morgan fingerprint density at radius 3 is 2.11 bits per heavy atom. The fraction of sp³-hybridized carbons (Fsp3) is 0.688. The first-order valence-electron chi connectivity index (χ1n) is 6.85. The van der Waals surface area contributed by atoms with Gasteiger partial charge in [0.1, 0.15) is 5.75 Å². The van der Waals surface area contributed by atoms with Gasteiger partial charge in [0.15, 0.2) is 0 Å². The summed E-state index contributed by atoms with van der Waals surface area (Å²) >= 11 is 0. The minimum Gasteiger partial charge on any atom is -0.488 e. The van der Waals surface area contributed by atoms with E-state index >= 15 is 0 Å². The van der Waals surface area contributed by atoms with E-state index in [2.05, 4.69) is 52.6 Å². The average Bonchev–Trinajstić information content (AvgIpc) is 2.98. The number of ether oxygens (including phenoxy) is 1. The van der Waals surface area contributed by atoms with E-state index in [9.17, 15) is 0 Å². The highest BCUT2D eigenvalue weighted by atomic mass is 16.5. The first-order valence-corrected chi connectivity index (χ1v) is 6.85. The molecule has 0 spiro atoms. The van der Waals surface area contributed by atoms with Crippen LogP contribution in [-0.2, 0) is 10.8 Å². The molecule has 0 atom stereocenters. The van der Waals surface area contributed by atoms with Gasteiger partial charge in [-0.3, -0.25) is 4.98 Å². The van der Waals surface area contributed by atoms with Gasteiger partial charge in [0.2, 0.25) is 0 Å². The zero-order valence-electron chi connectivity index (χ0n) is 12.5. The van der Waals surface area contributed by atoms with Crippen LogP contribution in [0.25, 0.3) is 0 Å². The number of rotatable bonds is 2. The molecule has 0 unspecified atom stereocenters. The molecular formula is C16H25NO. The van der Waals surface area contributed by atoms with Crippen LogP contribution in [0.2, 0.25) is 0 Å². The molecule has 0 N–H and O–H groups in total. The third-order valence-corrected chi connectivity index (χ3v) is 3.25. The maximum Gasteiger partial charge on any atom is 0.142 e. The second-order valence-corrected chi connectivity index (χ2v) is 7.39. The predicted octanol–water partition coefficient (Wildman–Crippen LogP) is 4.22. The molecule has 2 heteroatoms. The van der Waals surface area contributed by atoms with Gasteiger partial charge < -0.3 is 4.74 Å². The zero-order chi connectivity index (χ0) is 13.6. The molecule has 1 aromatic heterocycles. The van der Waals surface area contributed by atoms with Crippen molar-refractivity contribution in [3.63, 3.8) is 0 Å². The Labute approximate surface area is 111 Å². The van der Waals surface area contributed by atoms with Crippen molar-refractivity contribution in [1.82, 2.24) is 4.98 Å². The van der Waals surface area contributed by atoms with Crippen molar-refractivity contribution in [2.75, 3.05) is 0 Å². The van der Waals surface area contributed by atoms with Crippen LogP contribution in [0.3, 0.4) is 0 Å². The first kappa shape index (κ1) is 13.4. The normalized spacial score (nSPS) is 16.8. The Bertz CT molecular complexity index is 433. The Kier molecular flexibility index (Phi) is 3.16. The van der Waals surface area contributed by atoms with Gasteiger partial charge in [0.05, 0.1) is 11.8 Å². The van der Waals surface area contributed by atoms with Crippen LogP contribution in [0.4, 0.5) is 0 Å². The highest BCUT2D eigenvalue weighted by Crippen LogP contribution is 2.36. The van der Waals surface area contributed by atoms with Crippen LogP contribution < -0.4 is 4.74 Å². The number of nitrogens with zero attached hydrogens (tertiary/aromatic N) is 1. The lowest BCUT2D eigenvalue weighted by Gasteiger charge is -2.25. The lowest BCUT2D eigenvalue weighted by molar-refractivity contribution is 0.291. The van der Waals surface area contributed by atoms with Crippen LogP contribution in [-0.4, -0.2) is 11.1 Å². The van der Waals surface area contributed by atoms with E-state index in [1.807, 2.05) is 6.20 Å². The van der Waals surface area contributed by atoms with Crippen LogP contribution in [0, 0.1) is 0 Å². The summed E-state index contributed by atoms with van der Waals surface area (Å²) in [6, 6.07) is 2.19. The van der Waals surface area contributed by atoms with E-state index in [4.69, 9.17) is 4.74 Å². The minimum absolute atomic E-state index is 0.0284. The van der Waals surface area contributed by atoms with Crippen LogP contribution in [0.5, 0.6) is 5.75 Å². The SMILES string of the molecule is CC(C)(C)c1cnc(C(C)(C)C)c(OC2CC2)c1. The summed E-state index contributed by atoms with van der Waals surface area (Å²) in [5, 5.41) is 0. The molecule has 100 valence electrons. The van der Waals surface area contributed by atoms with E-state index in [1.54, 1.807) is 0 Å². The Morgan fingerprint density at radius 2 is 1.67 bits per heavy atom. The van der Waals surface area contributed by atoms with Crippen molar-refractivity contribution in [3.8, 4) is 5.75 Å². The third kappa shape index (κ3) is 3.04. The molecule has 1 aromatic rings. The molecule has 0 aliphatic heterocycles. The highest BCUT2D eigenvalue weighted by molar-refractivity contribution is 5.38. The van der Waals surface area contributed by atoms with Crippen LogP contribution in [0.1, 0.15) is 65.6 Å². The molecule has 0 bridgehead atoms. The number of pyridine rings is 1. The molecule has 1 aliphatic carbocycles. The fourth-order valence-corrected chi connectivity index (χ4v) is 1.87. The van der Waals surface area contributed by atoms with Crippen LogP contribution >= 0.6 is 0 Å². The minimum atomic E-state index is 0.0284. The highest BCUT2D eigenvalue weighted by Gasteiger charge is 2.29. The molecule has 1 fully saturated rings. The summed E-state index contributed by atoms with van der Waals surface area (Å²) in [6.07, 6.45) is 4.79. The standard InChI is InChI=1S/C16H25NO/c1-15(2,3)11-9-13(18-12-7-8-12)14(17-10-11)16(4,5)6/h9-10,12H,7-8H2,1-6H3. The monoisotopic (exact) mass is 247 g/mol. The Morgan fingerprint density at radius 1 is 1.06 bits per heavy atom. The second kappa shape index (κ2) is 4.25. The van der Waals surface area contributed by atoms with Crippen molar-refractivity contribution >= 4 is 0 Å². The van der Waals surface area contributed by atoms with Crippen LogP contribution in [0.15, 0.2) is 12.3 Å².